The number of nitrogens with zero attached hydrogens (tertiary/aromatic N) is 2. The van der Waals surface area contributed by atoms with Crippen LogP contribution in [0.3, 0.4) is 0 Å². The molecule has 0 unspecified atom stereocenters. The zero-order valence-electron chi connectivity index (χ0n) is 13.7. The van der Waals surface area contributed by atoms with E-state index >= 15 is 0 Å². The number of amides is 1. The molecule has 0 bridgehead atoms. The third kappa shape index (κ3) is 4.47. The van der Waals surface area contributed by atoms with Gasteiger partial charge in [-0.3, -0.25) is 14.9 Å². The molecule has 1 N–H and O–H groups in total. The molecule has 10 heteroatoms. The fourth-order valence-corrected chi connectivity index (χ4v) is 4.02. The van der Waals surface area contributed by atoms with Crippen molar-refractivity contribution in [2.45, 2.75) is 16.2 Å². The second-order valence-electron chi connectivity index (χ2n) is 5.38. The predicted molar refractivity (Wildman–Crippen MR) is 98.4 cm³/mol. The molecule has 2 aromatic carbocycles. The molecule has 0 saturated heterocycles. The number of halogens is 2. The third-order valence-electron chi connectivity index (χ3n) is 3.39. The highest BCUT2D eigenvalue weighted by atomic mass is 32.2. The SMILES string of the molecule is Cc1csc(Sc2ccc(C(=O)Nc3ccc(F)c(F)c3)cc2[N+](=O)[O-])n1. The van der Waals surface area contributed by atoms with E-state index in [9.17, 15) is 23.7 Å². The third-order valence-corrected chi connectivity index (χ3v) is 5.51. The van der Waals surface area contributed by atoms with Crippen LogP contribution in [0, 0.1) is 28.7 Å². The van der Waals surface area contributed by atoms with Crippen molar-refractivity contribution in [2.75, 3.05) is 5.32 Å². The molecule has 27 heavy (non-hydrogen) atoms. The van der Waals surface area contributed by atoms with Crippen LogP contribution in [0.25, 0.3) is 0 Å². The number of hydrogen-bond donors (Lipinski definition) is 1. The van der Waals surface area contributed by atoms with Crippen LogP contribution in [0.4, 0.5) is 20.2 Å². The highest BCUT2D eigenvalue weighted by Crippen LogP contribution is 2.36. The zero-order chi connectivity index (χ0) is 19.6. The molecule has 0 aliphatic carbocycles. The van der Waals surface area contributed by atoms with Gasteiger partial charge >= 0.3 is 0 Å². The van der Waals surface area contributed by atoms with Crippen molar-refractivity contribution in [3.63, 3.8) is 0 Å². The minimum Gasteiger partial charge on any atom is -0.322 e. The first-order valence-corrected chi connectivity index (χ1v) is 9.18. The number of thiazole rings is 1. The van der Waals surface area contributed by atoms with Crippen molar-refractivity contribution in [2.24, 2.45) is 0 Å². The van der Waals surface area contributed by atoms with Gasteiger partial charge in [0.15, 0.2) is 16.0 Å². The minimum atomic E-state index is -1.11. The van der Waals surface area contributed by atoms with E-state index in [1.807, 2.05) is 12.3 Å². The number of hydrogen-bond acceptors (Lipinski definition) is 6. The molecule has 3 rings (SSSR count). The van der Waals surface area contributed by atoms with E-state index in [1.54, 1.807) is 0 Å². The number of nitrogens with one attached hydrogen (secondary N) is 1. The molecule has 1 aromatic heterocycles. The van der Waals surface area contributed by atoms with Crippen LogP contribution in [-0.4, -0.2) is 15.8 Å². The van der Waals surface area contributed by atoms with Crippen molar-refractivity contribution in [3.05, 3.63) is 74.8 Å². The normalized spacial score (nSPS) is 10.6. The average molecular weight is 407 g/mol. The van der Waals surface area contributed by atoms with Crippen LogP contribution >= 0.6 is 23.1 Å². The standard InChI is InChI=1S/C17H11F2N3O3S2/c1-9-8-26-17(20-9)27-15-5-2-10(6-14(15)22(24)25)16(23)21-11-3-4-12(18)13(19)7-11/h2-8H,1H3,(H,21,23). The Balaban J connectivity index is 1.85. The summed E-state index contributed by atoms with van der Waals surface area (Å²) in [4.78, 5) is 27.7. The monoisotopic (exact) mass is 407 g/mol. The summed E-state index contributed by atoms with van der Waals surface area (Å²) >= 11 is 2.50. The largest absolute Gasteiger partial charge is 0.322 e. The Bertz CT molecular complexity index is 1040. The molecule has 0 aliphatic rings. The second-order valence-corrected chi connectivity index (χ2v) is 7.53. The molecule has 0 atom stereocenters. The summed E-state index contributed by atoms with van der Waals surface area (Å²) in [6.45, 7) is 1.82. The van der Waals surface area contributed by atoms with Crippen LogP contribution in [0.15, 0.2) is 51.0 Å². The maximum atomic E-state index is 13.2. The number of anilines is 1. The number of carbonyl (C=O) groups is 1. The molecule has 0 fully saturated rings. The van der Waals surface area contributed by atoms with Gasteiger partial charge in [0.25, 0.3) is 11.6 Å². The van der Waals surface area contributed by atoms with Gasteiger partial charge in [-0.2, -0.15) is 0 Å². The van der Waals surface area contributed by atoms with Gasteiger partial charge in [-0.05, 0) is 31.2 Å². The number of rotatable bonds is 5. The van der Waals surface area contributed by atoms with E-state index in [2.05, 4.69) is 10.3 Å². The van der Waals surface area contributed by atoms with Crippen molar-refractivity contribution >= 4 is 40.4 Å². The van der Waals surface area contributed by atoms with Gasteiger partial charge in [-0.1, -0.05) is 11.8 Å². The Kier molecular flexibility index (Phi) is 5.47. The van der Waals surface area contributed by atoms with Crippen molar-refractivity contribution < 1.29 is 18.5 Å². The summed E-state index contributed by atoms with van der Waals surface area (Å²) in [6, 6.07) is 6.92. The number of nitro groups is 1. The summed E-state index contributed by atoms with van der Waals surface area (Å²) in [5, 5.41) is 15.6. The van der Waals surface area contributed by atoms with Crippen molar-refractivity contribution in [1.82, 2.24) is 4.98 Å². The topological polar surface area (TPSA) is 85.1 Å². The maximum absolute atomic E-state index is 13.2. The van der Waals surface area contributed by atoms with Gasteiger partial charge < -0.3 is 5.32 Å². The first-order valence-electron chi connectivity index (χ1n) is 7.48. The van der Waals surface area contributed by atoms with Crippen LogP contribution in [0.1, 0.15) is 16.1 Å². The smallest absolute Gasteiger partial charge is 0.284 e. The van der Waals surface area contributed by atoms with Crippen LogP contribution in [-0.2, 0) is 0 Å². The van der Waals surface area contributed by atoms with Crippen molar-refractivity contribution in [1.29, 1.82) is 0 Å². The Labute approximate surface area is 160 Å². The molecule has 0 aliphatic heterocycles. The van der Waals surface area contributed by atoms with Gasteiger partial charge in [0.05, 0.1) is 9.82 Å². The summed E-state index contributed by atoms with van der Waals surface area (Å²) < 4.78 is 26.8. The Morgan fingerprint density at radius 3 is 2.63 bits per heavy atom. The highest BCUT2D eigenvalue weighted by Gasteiger charge is 2.20. The first-order chi connectivity index (χ1) is 12.8. The molecule has 1 amide bonds. The van der Waals surface area contributed by atoms with Crippen molar-refractivity contribution in [3.8, 4) is 0 Å². The Morgan fingerprint density at radius 2 is 2.00 bits per heavy atom. The summed E-state index contributed by atoms with van der Waals surface area (Å²) in [7, 11) is 0. The number of aromatic nitrogens is 1. The van der Waals surface area contributed by atoms with Crippen LogP contribution in [0.2, 0.25) is 0 Å². The first kappa shape index (κ1) is 18.9. The fourth-order valence-electron chi connectivity index (χ4n) is 2.14. The van der Waals surface area contributed by atoms with Gasteiger partial charge in [-0.15, -0.1) is 11.3 Å². The molecule has 3 aromatic rings. The molecular formula is C17H11F2N3O3S2. The lowest BCUT2D eigenvalue weighted by molar-refractivity contribution is -0.387. The highest BCUT2D eigenvalue weighted by molar-refractivity contribution is 8.01. The molecule has 1 heterocycles. The molecule has 138 valence electrons. The van der Waals surface area contributed by atoms with E-state index in [0.717, 1.165) is 35.7 Å². The van der Waals surface area contributed by atoms with E-state index in [1.165, 1.54) is 29.5 Å². The lowest BCUT2D eigenvalue weighted by atomic mass is 10.2. The summed E-state index contributed by atoms with van der Waals surface area (Å²) in [6.07, 6.45) is 0. The van der Waals surface area contributed by atoms with Gasteiger partial charge in [0, 0.05) is 34.5 Å². The van der Waals surface area contributed by atoms with Gasteiger partial charge in [0.2, 0.25) is 0 Å². The number of nitro benzene ring substituents is 1. The summed E-state index contributed by atoms with van der Waals surface area (Å²) in [5.41, 5.74) is 0.628. The Morgan fingerprint density at radius 1 is 1.22 bits per heavy atom. The van der Waals surface area contributed by atoms with Crippen LogP contribution < -0.4 is 5.32 Å². The maximum Gasteiger partial charge on any atom is 0.284 e. The fraction of sp³-hybridized carbons (Fsp3) is 0.0588. The lowest BCUT2D eigenvalue weighted by Gasteiger charge is -2.07. The molecular weight excluding hydrogens is 396 g/mol. The Hall–Kier alpha value is -2.85. The van der Waals surface area contributed by atoms with E-state index in [-0.39, 0.29) is 16.9 Å². The molecule has 0 saturated carbocycles. The molecule has 0 radical (unpaired) electrons. The van der Waals surface area contributed by atoms with Gasteiger partial charge in [-0.25, -0.2) is 13.8 Å². The van der Waals surface area contributed by atoms with E-state index in [4.69, 9.17) is 0 Å². The molecule has 6 nitrogen and oxygen atoms in total. The number of carbonyl (C=O) groups excluding carboxylic acids is 1. The quantitative estimate of drug-likeness (QED) is 0.473. The van der Waals surface area contributed by atoms with E-state index < -0.39 is 22.5 Å². The van der Waals surface area contributed by atoms with Gasteiger partial charge in [0.1, 0.15) is 0 Å². The minimum absolute atomic E-state index is 0.0195. The van der Waals surface area contributed by atoms with E-state index in [0.29, 0.717) is 9.24 Å². The average Bonchev–Trinajstić information content (AvgIpc) is 3.03. The lowest BCUT2D eigenvalue weighted by Crippen LogP contribution is -2.12. The summed E-state index contributed by atoms with van der Waals surface area (Å²) in [5.74, 6) is -2.82. The zero-order valence-corrected chi connectivity index (χ0v) is 15.4. The second kappa shape index (κ2) is 7.80. The molecule has 0 spiro atoms. The number of benzene rings is 2. The predicted octanol–water partition coefficient (Wildman–Crippen LogP) is 5.04. The number of aryl methyl sites for hydroxylation is 1. The van der Waals surface area contributed by atoms with Crippen LogP contribution in [0.5, 0.6) is 0 Å².